The van der Waals surface area contributed by atoms with Crippen molar-refractivity contribution in [3.63, 3.8) is 0 Å². The molecule has 0 radical (unpaired) electrons. The summed E-state index contributed by atoms with van der Waals surface area (Å²) in [4.78, 5) is 25.8. The van der Waals surface area contributed by atoms with E-state index in [9.17, 15) is 9.59 Å². The predicted octanol–water partition coefficient (Wildman–Crippen LogP) is 8.91. The van der Waals surface area contributed by atoms with Crippen LogP contribution in [0.15, 0.2) is 35.2 Å². The Balaban J connectivity index is 2.18. The third-order valence-electron chi connectivity index (χ3n) is 6.22. The molecule has 0 bridgehead atoms. The molecule has 1 rings (SSSR count). The summed E-state index contributed by atoms with van der Waals surface area (Å²) < 4.78 is 0. The molecule has 0 heterocycles. The highest BCUT2D eigenvalue weighted by Crippen LogP contribution is 2.27. The lowest BCUT2D eigenvalue weighted by Gasteiger charge is -2.12. The van der Waals surface area contributed by atoms with Gasteiger partial charge in [0.1, 0.15) is 0 Å². The van der Waals surface area contributed by atoms with E-state index in [1.165, 1.54) is 70.6 Å². The molecule has 35 heavy (non-hydrogen) atoms. The van der Waals surface area contributed by atoms with Crippen molar-refractivity contribution in [3.8, 4) is 0 Å². The number of hydrogen-bond donors (Lipinski definition) is 2. The zero-order valence-corrected chi connectivity index (χ0v) is 23.4. The van der Waals surface area contributed by atoms with Crippen molar-refractivity contribution in [1.82, 2.24) is 5.32 Å². The Morgan fingerprint density at radius 2 is 1.40 bits per heavy atom. The molecule has 0 aromatic heterocycles. The van der Waals surface area contributed by atoms with Gasteiger partial charge in [-0.05, 0) is 63.0 Å². The highest BCUT2D eigenvalue weighted by molar-refractivity contribution is 7.98. The van der Waals surface area contributed by atoms with Gasteiger partial charge in [-0.25, -0.2) is 0 Å². The number of carbonyl (C=O) groups excluding carboxylic acids is 2. The number of benzene rings is 1. The van der Waals surface area contributed by atoms with Crippen LogP contribution in [0.2, 0.25) is 0 Å². The molecular formula is C30H50N2O2S. The van der Waals surface area contributed by atoms with Crippen LogP contribution in [0.5, 0.6) is 0 Å². The molecule has 2 amide bonds. The highest BCUT2D eigenvalue weighted by atomic mass is 32.2. The van der Waals surface area contributed by atoms with Crippen LogP contribution in [0, 0.1) is 0 Å². The van der Waals surface area contributed by atoms with Crippen molar-refractivity contribution < 1.29 is 9.59 Å². The summed E-state index contributed by atoms with van der Waals surface area (Å²) in [5, 5.41) is 5.96. The van der Waals surface area contributed by atoms with Gasteiger partial charge in [-0.1, -0.05) is 83.8 Å². The van der Waals surface area contributed by atoms with E-state index in [1.807, 2.05) is 18.4 Å². The molecule has 0 fully saturated rings. The molecule has 0 aliphatic carbocycles. The second-order valence-electron chi connectivity index (χ2n) is 9.41. The number of thioether (sulfide) groups is 1. The predicted molar refractivity (Wildman–Crippen MR) is 154 cm³/mol. The van der Waals surface area contributed by atoms with Gasteiger partial charge < -0.3 is 10.6 Å². The molecule has 0 atom stereocenters. The minimum Gasteiger partial charge on any atom is -0.352 e. The minimum absolute atomic E-state index is 0.0291. The SMILES string of the molecule is CCCCCCCCC=CCCCCCCCC(=O)Nc1cc(C(=O)NCCCC)ccc1SC. The monoisotopic (exact) mass is 502 g/mol. The van der Waals surface area contributed by atoms with E-state index in [0.717, 1.165) is 36.3 Å². The molecule has 0 saturated carbocycles. The largest absolute Gasteiger partial charge is 0.352 e. The lowest BCUT2D eigenvalue weighted by Crippen LogP contribution is -2.24. The van der Waals surface area contributed by atoms with Crippen molar-refractivity contribution in [2.45, 2.75) is 121 Å². The summed E-state index contributed by atoms with van der Waals surface area (Å²) in [6.45, 7) is 5.04. The fourth-order valence-corrected chi connectivity index (χ4v) is 4.53. The first-order valence-corrected chi connectivity index (χ1v) is 15.3. The van der Waals surface area contributed by atoms with Gasteiger partial charge in [-0.2, -0.15) is 0 Å². The summed E-state index contributed by atoms with van der Waals surface area (Å²) in [5.74, 6) is -0.0553. The Kier molecular flexibility index (Phi) is 19.2. The Hall–Kier alpha value is -1.75. The van der Waals surface area contributed by atoms with Gasteiger partial charge in [-0.15, -0.1) is 11.8 Å². The van der Waals surface area contributed by atoms with Crippen LogP contribution in [0.25, 0.3) is 0 Å². The minimum atomic E-state index is -0.0844. The summed E-state index contributed by atoms with van der Waals surface area (Å²) >= 11 is 1.58. The van der Waals surface area contributed by atoms with Crippen molar-refractivity contribution in [2.24, 2.45) is 0 Å². The molecule has 0 spiro atoms. The van der Waals surface area contributed by atoms with Crippen LogP contribution in [0.3, 0.4) is 0 Å². The molecule has 0 aliphatic heterocycles. The number of rotatable bonds is 21. The maximum Gasteiger partial charge on any atom is 0.251 e. The van der Waals surface area contributed by atoms with Crippen LogP contribution in [0.4, 0.5) is 5.69 Å². The van der Waals surface area contributed by atoms with Gasteiger partial charge >= 0.3 is 0 Å². The number of allylic oxidation sites excluding steroid dienone is 2. The third-order valence-corrected chi connectivity index (χ3v) is 7.01. The Labute approximate surface area is 219 Å². The van der Waals surface area contributed by atoms with E-state index in [-0.39, 0.29) is 11.8 Å². The normalized spacial score (nSPS) is 11.2. The first-order valence-electron chi connectivity index (χ1n) is 14.0. The van der Waals surface area contributed by atoms with Crippen molar-refractivity contribution in [3.05, 3.63) is 35.9 Å². The first-order chi connectivity index (χ1) is 17.1. The van der Waals surface area contributed by atoms with Crippen LogP contribution >= 0.6 is 11.8 Å². The molecular weight excluding hydrogens is 452 g/mol. The number of carbonyl (C=O) groups is 2. The van der Waals surface area contributed by atoms with E-state index in [4.69, 9.17) is 0 Å². The second kappa shape index (κ2) is 21.5. The van der Waals surface area contributed by atoms with Crippen LogP contribution < -0.4 is 10.6 Å². The zero-order valence-electron chi connectivity index (χ0n) is 22.6. The number of anilines is 1. The molecule has 1 aromatic carbocycles. The Morgan fingerprint density at radius 1 is 0.800 bits per heavy atom. The van der Waals surface area contributed by atoms with Crippen LogP contribution in [0.1, 0.15) is 127 Å². The summed E-state index contributed by atoms with van der Waals surface area (Å²) in [5.41, 5.74) is 1.33. The van der Waals surface area contributed by atoms with Crippen molar-refractivity contribution >= 4 is 29.3 Å². The number of amides is 2. The molecule has 0 unspecified atom stereocenters. The zero-order chi connectivity index (χ0) is 25.6. The Morgan fingerprint density at radius 3 is 2.03 bits per heavy atom. The van der Waals surface area contributed by atoms with E-state index in [0.29, 0.717) is 18.5 Å². The number of nitrogens with one attached hydrogen (secondary N) is 2. The first kappa shape index (κ1) is 31.3. The van der Waals surface area contributed by atoms with Crippen molar-refractivity contribution in [1.29, 1.82) is 0 Å². The van der Waals surface area contributed by atoms with Gasteiger partial charge in [0.2, 0.25) is 5.91 Å². The average Bonchev–Trinajstić information content (AvgIpc) is 2.86. The van der Waals surface area contributed by atoms with Crippen LogP contribution in [-0.4, -0.2) is 24.6 Å². The molecule has 1 aromatic rings. The summed E-state index contributed by atoms with van der Waals surface area (Å²) in [7, 11) is 0. The quantitative estimate of drug-likeness (QED) is 0.100. The molecule has 0 saturated heterocycles. The van der Waals surface area contributed by atoms with Gasteiger partial charge in [0.15, 0.2) is 0 Å². The van der Waals surface area contributed by atoms with E-state index < -0.39 is 0 Å². The summed E-state index contributed by atoms with van der Waals surface area (Å²) in [6.07, 6.45) is 25.5. The fourth-order valence-electron chi connectivity index (χ4n) is 4.00. The average molecular weight is 503 g/mol. The molecule has 5 heteroatoms. The van der Waals surface area contributed by atoms with Gasteiger partial charge in [0, 0.05) is 23.4 Å². The third kappa shape index (κ3) is 15.8. The van der Waals surface area contributed by atoms with Crippen molar-refractivity contribution in [2.75, 3.05) is 18.1 Å². The summed E-state index contributed by atoms with van der Waals surface area (Å²) in [6, 6.07) is 5.54. The van der Waals surface area contributed by atoms with E-state index in [1.54, 1.807) is 17.8 Å². The molecule has 198 valence electrons. The highest BCUT2D eigenvalue weighted by Gasteiger charge is 2.11. The number of unbranched alkanes of at least 4 members (excludes halogenated alkanes) is 12. The van der Waals surface area contributed by atoms with Gasteiger partial charge in [0.25, 0.3) is 5.91 Å². The number of hydrogen-bond acceptors (Lipinski definition) is 3. The lowest BCUT2D eigenvalue weighted by molar-refractivity contribution is -0.116. The molecule has 4 nitrogen and oxygen atoms in total. The Bertz CT molecular complexity index is 733. The topological polar surface area (TPSA) is 58.2 Å². The maximum absolute atomic E-state index is 12.5. The second-order valence-corrected chi connectivity index (χ2v) is 10.3. The molecule has 0 aliphatic rings. The molecule has 2 N–H and O–H groups in total. The fraction of sp³-hybridized carbons (Fsp3) is 0.667. The van der Waals surface area contributed by atoms with Gasteiger partial charge in [-0.3, -0.25) is 9.59 Å². The standard InChI is InChI=1S/C30H50N2O2S/c1-4-6-8-9-10-11-12-13-14-15-16-17-18-19-20-21-29(33)32-27-25-26(22-23-28(27)35-3)30(34)31-24-7-5-2/h13-14,22-23,25H,4-12,15-21,24H2,1-3H3,(H,31,34)(H,32,33). The van der Waals surface area contributed by atoms with E-state index >= 15 is 0 Å². The van der Waals surface area contributed by atoms with Crippen LogP contribution in [-0.2, 0) is 4.79 Å². The smallest absolute Gasteiger partial charge is 0.251 e. The lowest BCUT2D eigenvalue weighted by atomic mass is 10.1. The van der Waals surface area contributed by atoms with Gasteiger partial charge in [0.05, 0.1) is 5.69 Å². The van der Waals surface area contributed by atoms with E-state index in [2.05, 4.69) is 36.6 Å². The maximum atomic E-state index is 12.5.